The SMILES string of the molecule is Cc1ccccc1-c1cc(C(=O)NCc2nncn2-c2ccccc2)c2cnn(C(C)C)c2n1. The van der Waals surface area contributed by atoms with Crippen molar-refractivity contribution < 1.29 is 4.79 Å². The maximum atomic E-state index is 13.4. The molecule has 0 bridgehead atoms. The van der Waals surface area contributed by atoms with Crippen molar-refractivity contribution in [2.45, 2.75) is 33.4 Å². The van der Waals surface area contributed by atoms with E-state index in [9.17, 15) is 4.79 Å². The summed E-state index contributed by atoms with van der Waals surface area (Å²) in [7, 11) is 0. The molecule has 170 valence electrons. The fourth-order valence-corrected chi connectivity index (χ4v) is 4.02. The number of hydrogen-bond acceptors (Lipinski definition) is 5. The molecule has 5 aromatic rings. The summed E-state index contributed by atoms with van der Waals surface area (Å²) in [6.07, 6.45) is 3.36. The Morgan fingerprint density at radius 1 is 1.06 bits per heavy atom. The zero-order valence-electron chi connectivity index (χ0n) is 19.3. The van der Waals surface area contributed by atoms with Crippen LogP contribution in [-0.4, -0.2) is 35.4 Å². The molecule has 0 saturated heterocycles. The minimum atomic E-state index is -0.215. The Morgan fingerprint density at radius 2 is 1.82 bits per heavy atom. The van der Waals surface area contributed by atoms with E-state index in [1.165, 1.54) is 0 Å². The van der Waals surface area contributed by atoms with Gasteiger partial charge < -0.3 is 5.32 Å². The molecule has 0 saturated carbocycles. The first-order valence-corrected chi connectivity index (χ1v) is 11.2. The first-order chi connectivity index (χ1) is 16.5. The zero-order chi connectivity index (χ0) is 23.7. The lowest BCUT2D eigenvalue weighted by molar-refractivity contribution is 0.0951. The molecule has 5 rings (SSSR count). The Kier molecular flexibility index (Phi) is 5.63. The van der Waals surface area contributed by atoms with Gasteiger partial charge in [-0.3, -0.25) is 9.36 Å². The van der Waals surface area contributed by atoms with Crippen LogP contribution in [0.2, 0.25) is 0 Å². The molecule has 0 unspecified atom stereocenters. The van der Waals surface area contributed by atoms with Gasteiger partial charge in [-0.2, -0.15) is 5.10 Å². The molecule has 8 nitrogen and oxygen atoms in total. The number of carbonyl (C=O) groups is 1. The van der Waals surface area contributed by atoms with E-state index in [1.807, 2.05) is 90.7 Å². The summed E-state index contributed by atoms with van der Waals surface area (Å²) in [4.78, 5) is 18.3. The van der Waals surface area contributed by atoms with Crippen molar-refractivity contribution in [2.75, 3.05) is 0 Å². The van der Waals surface area contributed by atoms with Crippen molar-refractivity contribution in [3.8, 4) is 16.9 Å². The quantitative estimate of drug-likeness (QED) is 0.411. The number of pyridine rings is 1. The molecule has 3 aromatic heterocycles. The van der Waals surface area contributed by atoms with Crippen molar-refractivity contribution in [1.82, 2.24) is 34.8 Å². The number of aromatic nitrogens is 6. The third kappa shape index (κ3) is 3.94. The smallest absolute Gasteiger partial charge is 0.252 e. The largest absolute Gasteiger partial charge is 0.345 e. The maximum Gasteiger partial charge on any atom is 0.252 e. The average Bonchev–Trinajstić information content (AvgIpc) is 3.50. The summed E-state index contributed by atoms with van der Waals surface area (Å²) in [6, 6.07) is 19.8. The van der Waals surface area contributed by atoms with Crippen LogP contribution in [0.25, 0.3) is 28.0 Å². The molecule has 0 spiro atoms. The van der Waals surface area contributed by atoms with Gasteiger partial charge in [0.2, 0.25) is 0 Å². The number of fused-ring (bicyclic) bond motifs is 1. The van der Waals surface area contributed by atoms with E-state index in [4.69, 9.17) is 4.98 Å². The van der Waals surface area contributed by atoms with E-state index < -0.39 is 0 Å². The van der Waals surface area contributed by atoms with E-state index in [0.29, 0.717) is 22.4 Å². The molecule has 1 N–H and O–H groups in total. The highest BCUT2D eigenvalue weighted by molar-refractivity contribution is 6.06. The highest BCUT2D eigenvalue weighted by Gasteiger charge is 2.19. The van der Waals surface area contributed by atoms with E-state index in [1.54, 1.807) is 12.5 Å². The van der Waals surface area contributed by atoms with Crippen molar-refractivity contribution in [3.63, 3.8) is 0 Å². The standard InChI is InChI=1S/C26H25N7O/c1-17(2)33-25-22(14-29-33)21(13-23(30-25)20-12-8-7-9-18(20)3)26(34)27-15-24-31-28-16-32(24)19-10-5-4-6-11-19/h4-14,16-17H,15H2,1-3H3,(H,27,34). The van der Waals surface area contributed by atoms with Gasteiger partial charge in [-0.15, -0.1) is 10.2 Å². The second kappa shape index (κ2) is 8.90. The summed E-state index contributed by atoms with van der Waals surface area (Å²) < 4.78 is 3.71. The lowest BCUT2D eigenvalue weighted by Gasteiger charge is -2.12. The minimum absolute atomic E-state index is 0.109. The molecule has 0 aliphatic heterocycles. The van der Waals surface area contributed by atoms with Crippen LogP contribution in [0.15, 0.2) is 73.2 Å². The number of benzene rings is 2. The van der Waals surface area contributed by atoms with Crippen molar-refractivity contribution >= 4 is 16.9 Å². The van der Waals surface area contributed by atoms with Crippen LogP contribution in [0.1, 0.15) is 41.6 Å². The van der Waals surface area contributed by atoms with E-state index in [0.717, 1.165) is 22.5 Å². The Balaban J connectivity index is 1.52. The van der Waals surface area contributed by atoms with Gasteiger partial charge in [0.25, 0.3) is 5.91 Å². The molecule has 8 heteroatoms. The molecular weight excluding hydrogens is 426 g/mol. The van der Waals surface area contributed by atoms with Gasteiger partial charge in [0.15, 0.2) is 11.5 Å². The number of nitrogens with zero attached hydrogens (tertiary/aromatic N) is 6. The molecule has 34 heavy (non-hydrogen) atoms. The lowest BCUT2D eigenvalue weighted by atomic mass is 10.0. The summed E-state index contributed by atoms with van der Waals surface area (Å²) in [5.41, 5.74) is 4.97. The third-order valence-corrected chi connectivity index (χ3v) is 5.78. The Bertz CT molecular complexity index is 1470. The van der Waals surface area contributed by atoms with Gasteiger partial charge in [0.05, 0.1) is 29.4 Å². The minimum Gasteiger partial charge on any atom is -0.345 e. The van der Waals surface area contributed by atoms with Gasteiger partial charge in [0.1, 0.15) is 6.33 Å². The predicted molar refractivity (Wildman–Crippen MR) is 131 cm³/mol. The van der Waals surface area contributed by atoms with Crippen LogP contribution in [0, 0.1) is 6.92 Å². The van der Waals surface area contributed by atoms with E-state index in [2.05, 4.69) is 20.6 Å². The zero-order valence-corrected chi connectivity index (χ0v) is 19.3. The molecule has 1 amide bonds. The summed E-state index contributed by atoms with van der Waals surface area (Å²) in [5, 5.41) is 16.4. The number of amides is 1. The van der Waals surface area contributed by atoms with Crippen molar-refractivity contribution in [2.24, 2.45) is 0 Å². The summed E-state index contributed by atoms with van der Waals surface area (Å²) >= 11 is 0. The van der Waals surface area contributed by atoms with Gasteiger partial charge in [-0.1, -0.05) is 42.5 Å². The third-order valence-electron chi connectivity index (χ3n) is 5.78. The van der Waals surface area contributed by atoms with Gasteiger partial charge in [0, 0.05) is 17.3 Å². The molecule has 2 aromatic carbocycles. The van der Waals surface area contributed by atoms with Crippen LogP contribution in [0.5, 0.6) is 0 Å². The summed E-state index contributed by atoms with van der Waals surface area (Å²) in [6.45, 7) is 6.36. The molecule has 0 fully saturated rings. The average molecular weight is 452 g/mol. The van der Waals surface area contributed by atoms with Crippen LogP contribution >= 0.6 is 0 Å². The number of aryl methyl sites for hydroxylation is 1. The van der Waals surface area contributed by atoms with Crippen LogP contribution in [0.3, 0.4) is 0 Å². The molecule has 3 heterocycles. The number of para-hydroxylation sites is 1. The fraction of sp³-hybridized carbons (Fsp3) is 0.192. The first-order valence-electron chi connectivity index (χ1n) is 11.2. The molecule has 0 aliphatic rings. The number of rotatable bonds is 6. The van der Waals surface area contributed by atoms with E-state index in [-0.39, 0.29) is 18.5 Å². The normalized spacial score (nSPS) is 11.3. The topological polar surface area (TPSA) is 90.5 Å². The van der Waals surface area contributed by atoms with Crippen LogP contribution in [0.4, 0.5) is 0 Å². The molecule has 0 aliphatic carbocycles. The predicted octanol–water partition coefficient (Wildman–Crippen LogP) is 4.50. The highest BCUT2D eigenvalue weighted by atomic mass is 16.1. The maximum absolute atomic E-state index is 13.4. The second-order valence-electron chi connectivity index (χ2n) is 8.43. The number of hydrogen-bond donors (Lipinski definition) is 1. The van der Waals surface area contributed by atoms with Crippen LogP contribution < -0.4 is 5.32 Å². The molecular formula is C26H25N7O. The Morgan fingerprint density at radius 3 is 2.59 bits per heavy atom. The lowest BCUT2D eigenvalue weighted by Crippen LogP contribution is -2.25. The Hall–Kier alpha value is -4.33. The highest BCUT2D eigenvalue weighted by Crippen LogP contribution is 2.28. The van der Waals surface area contributed by atoms with Gasteiger partial charge >= 0.3 is 0 Å². The monoisotopic (exact) mass is 451 g/mol. The molecule has 0 atom stereocenters. The second-order valence-corrected chi connectivity index (χ2v) is 8.43. The first kappa shape index (κ1) is 21.5. The van der Waals surface area contributed by atoms with Crippen LogP contribution in [-0.2, 0) is 6.54 Å². The fourth-order valence-electron chi connectivity index (χ4n) is 4.02. The van der Waals surface area contributed by atoms with Crippen molar-refractivity contribution in [3.05, 3.63) is 90.1 Å². The number of nitrogens with one attached hydrogen (secondary N) is 1. The van der Waals surface area contributed by atoms with Gasteiger partial charge in [-0.25, -0.2) is 9.67 Å². The Labute approximate surface area is 197 Å². The molecule has 0 radical (unpaired) electrons. The number of carbonyl (C=O) groups excluding carboxylic acids is 1. The van der Waals surface area contributed by atoms with E-state index >= 15 is 0 Å². The summed E-state index contributed by atoms with van der Waals surface area (Å²) in [5.74, 6) is 0.426. The van der Waals surface area contributed by atoms with Gasteiger partial charge in [-0.05, 0) is 44.5 Å². The van der Waals surface area contributed by atoms with Crippen molar-refractivity contribution in [1.29, 1.82) is 0 Å².